The Morgan fingerprint density at radius 3 is 2.50 bits per heavy atom. The maximum absolute atomic E-state index is 11.3. The normalized spacial score (nSPS) is 11.7. The van der Waals surface area contributed by atoms with Gasteiger partial charge in [-0.3, -0.25) is 0 Å². The molecule has 3 aromatic rings. The van der Waals surface area contributed by atoms with Crippen LogP contribution in [0.2, 0.25) is 0 Å². The van der Waals surface area contributed by atoms with E-state index in [1.807, 2.05) is 20.2 Å². The predicted molar refractivity (Wildman–Crippen MR) is 104 cm³/mol. The van der Waals surface area contributed by atoms with Crippen molar-refractivity contribution in [3.63, 3.8) is 0 Å². The average molecular weight is 390 g/mol. The van der Waals surface area contributed by atoms with Gasteiger partial charge in [0.05, 0.1) is 15.5 Å². The molecule has 26 heavy (non-hydrogen) atoms. The molecule has 0 saturated carbocycles. The smallest absolute Gasteiger partial charge is 0.238 e. The van der Waals surface area contributed by atoms with Crippen molar-refractivity contribution in [2.24, 2.45) is 5.14 Å². The van der Waals surface area contributed by atoms with E-state index in [4.69, 9.17) is 5.14 Å². The number of rotatable bonds is 6. The van der Waals surface area contributed by atoms with Crippen LogP contribution in [0.3, 0.4) is 0 Å². The molecule has 1 aromatic carbocycles. The molecule has 0 atom stereocenters. The highest BCUT2D eigenvalue weighted by atomic mass is 32.2. The van der Waals surface area contributed by atoms with Crippen LogP contribution in [0.1, 0.15) is 4.88 Å². The first-order valence-corrected chi connectivity index (χ1v) is 10.1. The van der Waals surface area contributed by atoms with Crippen molar-refractivity contribution in [3.8, 4) is 10.6 Å². The molecule has 9 heteroatoms. The third-order valence-electron chi connectivity index (χ3n) is 3.48. The minimum absolute atomic E-state index is 0.0599. The number of hydrogen-bond donors (Lipinski definition) is 2. The lowest BCUT2D eigenvalue weighted by Gasteiger charge is -2.07. The van der Waals surface area contributed by atoms with Crippen LogP contribution in [-0.4, -0.2) is 37.4 Å². The average Bonchev–Trinajstić information content (AvgIpc) is 3.02. The van der Waals surface area contributed by atoms with Crippen LogP contribution in [0.15, 0.2) is 53.6 Å². The fourth-order valence-corrected chi connectivity index (χ4v) is 3.94. The molecule has 0 bridgehead atoms. The second-order valence-electron chi connectivity index (χ2n) is 5.96. The molecule has 0 unspecified atom stereocenters. The SMILES string of the molecule is CN(C)Cc1ccc(-c2ccnc(Nc3ccc(S(N)(=O)=O)cc3)n2)s1. The van der Waals surface area contributed by atoms with Crippen LogP contribution >= 0.6 is 11.3 Å². The van der Waals surface area contributed by atoms with Crippen molar-refractivity contribution in [1.82, 2.24) is 14.9 Å². The summed E-state index contributed by atoms with van der Waals surface area (Å²) in [7, 11) is 0.367. The van der Waals surface area contributed by atoms with Crippen molar-refractivity contribution in [1.29, 1.82) is 0 Å². The summed E-state index contributed by atoms with van der Waals surface area (Å²) in [5.41, 5.74) is 1.51. The quantitative estimate of drug-likeness (QED) is 0.672. The number of hydrogen-bond acceptors (Lipinski definition) is 7. The molecule has 0 aliphatic carbocycles. The maximum Gasteiger partial charge on any atom is 0.238 e. The number of aromatic nitrogens is 2. The van der Waals surface area contributed by atoms with E-state index >= 15 is 0 Å². The van der Waals surface area contributed by atoms with Gasteiger partial charge in [-0.05, 0) is 56.6 Å². The van der Waals surface area contributed by atoms with Gasteiger partial charge in [0.25, 0.3) is 0 Å². The first kappa shape index (κ1) is 18.5. The Kier molecular flexibility index (Phi) is 5.33. The van der Waals surface area contributed by atoms with Gasteiger partial charge >= 0.3 is 0 Å². The summed E-state index contributed by atoms with van der Waals surface area (Å²) in [6.07, 6.45) is 1.69. The van der Waals surface area contributed by atoms with Gasteiger partial charge in [-0.15, -0.1) is 11.3 Å². The van der Waals surface area contributed by atoms with Gasteiger partial charge in [0.15, 0.2) is 0 Å². The lowest BCUT2D eigenvalue weighted by atomic mass is 10.3. The maximum atomic E-state index is 11.3. The monoisotopic (exact) mass is 389 g/mol. The lowest BCUT2D eigenvalue weighted by Crippen LogP contribution is -2.11. The summed E-state index contributed by atoms with van der Waals surface area (Å²) in [4.78, 5) is 13.3. The summed E-state index contributed by atoms with van der Waals surface area (Å²) >= 11 is 1.69. The molecule has 0 aliphatic rings. The molecule has 0 aliphatic heterocycles. The molecular formula is C17H19N5O2S2. The Labute approximate surface area is 156 Å². The number of primary sulfonamides is 1. The van der Waals surface area contributed by atoms with E-state index in [2.05, 4.69) is 32.3 Å². The summed E-state index contributed by atoms with van der Waals surface area (Å²) in [5, 5.41) is 8.17. The number of nitrogens with two attached hydrogens (primary N) is 1. The fourth-order valence-electron chi connectivity index (χ4n) is 2.33. The Balaban J connectivity index is 1.78. The van der Waals surface area contributed by atoms with E-state index in [-0.39, 0.29) is 4.90 Å². The van der Waals surface area contributed by atoms with E-state index in [0.717, 1.165) is 17.1 Å². The van der Waals surface area contributed by atoms with Gasteiger partial charge in [-0.25, -0.2) is 23.5 Å². The minimum Gasteiger partial charge on any atom is -0.324 e. The van der Waals surface area contributed by atoms with Gasteiger partial charge in [0, 0.05) is 23.3 Å². The molecule has 0 amide bonds. The van der Waals surface area contributed by atoms with E-state index < -0.39 is 10.0 Å². The fraction of sp³-hybridized carbons (Fsp3) is 0.176. The highest BCUT2D eigenvalue weighted by Crippen LogP contribution is 2.28. The van der Waals surface area contributed by atoms with Crippen molar-refractivity contribution in [2.45, 2.75) is 11.4 Å². The van der Waals surface area contributed by atoms with Gasteiger partial charge < -0.3 is 10.2 Å². The molecule has 3 rings (SSSR count). The zero-order valence-electron chi connectivity index (χ0n) is 14.4. The molecule has 136 valence electrons. The lowest BCUT2D eigenvalue weighted by molar-refractivity contribution is 0.406. The van der Waals surface area contributed by atoms with Crippen molar-refractivity contribution in [3.05, 3.63) is 53.5 Å². The predicted octanol–water partition coefficient (Wildman–Crippen LogP) is 2.66. The largest absolute Gasteiger partial charge is 0.324 e. The van der Waals surface area contributed by atoms with Crippen LogP contribution in [0.4, 0.5) is 11.6 Å². The molecular weight excluding hydrogens is 370 g/mol. The van der Waals surface area contributed by atoms with Crippen molar-refractivity contribution in [2.75, 3.05) is 19.4 Å². The summed E-state index contributed by atoms with van der Waals surface area (Å²) < 4.78 is 22.6. The minimum atomic E-state index is -3.70. The molecule has 0 saturated heterocycles. The Morgan fingerprint density at radius 2 is 1.85 bits per heavy atom. The van der Waals surface area contributed by atoms with Crippen molar-refractivity contribution >= 4 is 33.0 Å². The van der Waals surface area contributed by atoms with Crippen LogP contribution in [0, 0.1) is 0 Å². The summed E-state index contributed by atoms with van der Waals surface area (Å²) in [5.74, 6) is 0.438. The number of anilines is 2. The van der Waals surface area contributed by atoms with Gasteiger partial charge in [0.1, 0.15) is 0 Å². The summed E-state index contributed by atoms with van der Waals surface area (Å²) in [6.45, 7) is 0.886. The highest BCUT2D eigenvalue weighted by molar-refractivity contribution is 7.89. The van der Waals surface area contributed by atoms with E-state index in [1.54, 1.807) is 29.7 Å². The number of nitrogens with zero attached hydrogens (tertiary/aromatic N) is 3. The first-order chi connectivity index (χ1) is 12.3. The number of thiophene rings is 1. The third kappa shape index (κ3) is 4.64. The molecule has 0 spiro atoms. The van der Waals surface area contributed by atoms with E-state index in [0.29, 0.717) is 11.6 Å². The zero-order valence-corrected chi connectivity index (χ0v) is 16.0. The number of benzene rings is 1. The zero-order chi connectivity index (χ0) is 18.7. The van der Waals surface area contributed by atoms with E-state index in [9.17, 15) is 8.42 Å². The van der Waals surface area contributed by atoms with Crippen LogP contribution < -0.4 is 10.5 Å². The molecule has 3 N–H and O–H groups in total. The van der Waals surface area contributed by atoms with Gasteiger partial charge in [-0.2, -0.15) is 0 Å². The van der Waals surface area contributed by atoms with Crippen LogP contribution in [0.5, 0.6) is 0 Å². The molecule has 0 radical (unpaired) electrons. The van der Waals surface area contributed by atoms with Gasteiger partial charge in [0.2, 0.25) is 16.0 Å². The standard InChI is InChI=1S/C17H19N5O2S2/c1-22(2)11-13-5-8-16(25-13)15-9-10-19-17(21-15)20-12-3-6-14(7-4-12)26(18,23)24/h3-10H,11H2,1-2H3,(H2,18,23,24)(H,19,20,21). The number of sulfonamides is 1. The molecule has 2 aromatic heterocycles. The Bertz CT molecular complexity index is 998. The number of nitrogens with one attached hydrogen (secondary N) is 1. The molecule has 2 heterocycles. The molecule has 0 fully saturated rings. The van der Waals surface area contributed by atoms with E-state index in [1.165, 1.54) is 17.0 Å². The Hall–Kier alpha value is -2.33. The highest BCUT2D eigenvalue weighted by Gasteiger charge is 2.09. The van der Waals surface area contributed by atoms with Gasteiger partial charge in [-0.1, -0.05) is 0 Å². The van der Waals surface area contributed by atoms with Crippen LogP contribution in [0.25, 0.3) is 10.6 Å². The second kappa shape index (κ2) is 7.50. The Morgan fingerprint density at radius 1 is 1.12 bits per heavy atom. The summed E-state index contributed by atoms with van der Waals surface area (Å²) in [6, 6.07) is 12.1. The van der Waals surface area contributed by atoms with Crippen molar-refractivity contribution < 1.29 is 8.42 Å². The van der Waals surface area contributed by atoms with Crippen LogP contribution in [-0.2, 0) is 16.6 Å². The topological polar surface area (TPSA) is 101 Å². The first-order valence-electron chi connectivity index (χ1n) is 7.78. The second-order valence-corrected chi connectivity index (χ2v) is 8.69. The molecule has 7 nitrogen and oxygen atoms in total. The third-order valence-corrected chi connectivity index (χ3v) is 5.50.